The van der Waals surface area contributed by atoms with Gasteiger partial charge in [0.2, 0.25) is 5.91 Å². The molecule has 1 aliphatic heterocycles. The van der Waals surface area contributed by atoms with E-state index in [-0.39, 0.29) is 11.9 Å². The van der Waals surface area contributed by atoms with Gasteiger partial charge in [0, 0.05) is 20.1 Å². The first-order valence-corrected chi connectivity index (χ1v) is 7.02. The van der Waals surface area contributed by atoms with E-state index in [0.29, 0.717) is 11.6 Å². The van der Waals surface area contributed by atoms with E-state index in [1.807, 2.05) is 18.2 Å². The molecule has 0 aliphatic carbocycles. The Kier molecular flexibility index (Phi) is 4.66. The molecule has 0 aromatic heterocycles. The van der Waals surface area contributed by atoms with Gasteiger partial charge in [0.15, 0.2) is 0 Å². The molecule has 0 saturated carbocycles. The number of hydrogen-bond donors (Lipinski definition) is 2. The van der Waals surface area contributed by atoms with Crippen LogP contribution >= 0.6 is 11.6 Å². The zero-order chi connectivity index (χ0) is 13.8. The van der Waals surface area contributed by atoms with Gasteiger partial charge in [-0.25, -0.2) is 0 Å². The van der Waals surface area contributed by atoms with Crippen LogP contribution in [-0.2, 0) is 11.3 Å². The molecule has 1 aliphatic rings. The number of amides is 1. The van der Waals surface area contributed by atoms with Gasteiger partial charge in [-0.05, 0) is 37.0 Å². The number of piperidine rings is 1. The number of nitrogens with two attached hydrogens (primary N) is 1. The number of hydrogen-bond acceptors (Lipinski definition) is 3. The summed E-state index contributed by atoms with van der Waals surface area (Å²) < 4.78 is 0. The first-order chi connectivity index (χ1) is 9.17. The van der Waals surface area contributed by atoms with E-state index in [4.69, 9.17) is 17.3 Å². The lowest BCUT2D eigenvalue weighted by atomic mass is 10.00. The summed E-state index contributed by atoms with van der Waals surface area (Å²) in [6, 6.07) is 5.69. The fourth-order valence-corrected chi connectivity index (χ4v) is 2.88. The average Bonchev–Trinajstić information content (AvgIpc) is 2.46. The molecular formula is C14H20ClN3O. The molecule has 1 unspecified atom stereocenters. The molecule has 3 N–H and O–H groups in total. The SMILES string of the molecule is CNC(=O)C1CCCCN1c1ccc(CN)cc1Cl. The standard InChI is InChI=1S/C14H20ClN3O/c1-17-14(19)13-4-2-3-7-18(13)12-6-5-10(9-16)8-11(12)15/h5-6,8,13H,2-4,7,9,16H2,1H3,(H,17,19). The maximum atomic E-state index is 12.0. The highest BCUT2D eigenvalue weighted by atomic mass is 35.5. The Morgan fingerprint density at radius 3 is 2.95 bits per heavy atom. The third kappa shape index (κ3) is 3.01. The van der Waals surface area contributed by atoms with Gasteiger partial charge in [-0.2, -0.15) is 0 Å². The highest BCUT2D eigenvalue weighted by molar-refractivity contribution is 6.33. The van der Waals surface area contributed by atoms with Crippen LogP contribution < -0.4 is 16.0 Å². The van der Waals surface area contributed by atoms with Crippen molar-refractivity contribution >= 4 is 23.2 Å². The largest absolute Gasteiger partial charge is 0.358 e. The predicted molar refractivity (Wildman–Crippen MR) is 78.4 cm³/mol. The first kappa shape index (κ1) is 14.2. The van der Waals surface area contributed by atoms with E-state index in [2.05, 4.69) is 10.2 Å². The van der Waals surface area contributed by atoms with E-state index in [1.165, 1.54) is 0 Å². The number of carbonyl (C=O) groups is 1. The topological polar surface area (TPSA) is 58.4 Å². The molecule has 19 heavy (non-hydrogen) atoms. The van der Waals surface area contributed by atoms with Crippen LogP contribution in [-0.4, -0.2) is 25.5 Å². The van der Waals surface area contributed by atoms with Crippen molar-refractivity contribution in [3.8, 4) is 0 Å². The van der Waals surface area contributed by atoms with Gasteiger partial charge >= 0.3 is 0 Å². The number of nitrogens with one attached hydrogen (secondary N) is 1. The molecule has 0 bridgehead atoms. The maximum Gasteiger partial charge on any atom is 0.242 e. The van der Waals surface area contributed by atoms with Crippen LogP contribution in [0.4, 0.5) is 5.69 Å². The number of halogens is 1. The molecule has 2 rings (SSSR count). The van der Waals surface area contributed by atoms with Gasteiger partial charge in [-0.3, -0.25) is 4.79 Å². The molecule has 4 nitrogen and oxygen atoms in total. The summed E-state index contributed by atoms with van der Waals surface area (Å²) in [5.74, 6) is 0.0543. The Hall–Kier alpha value is -1.26. The maximum absolute atomic E-state index is 12.0. The molecule has 1 aromatic carbocycles. The lowest BCUT2D eigenvalue weighted by Crippen LogP contribution is -2.49. The van der Waals surface area contributed by atoms with Gasteiger partial charge in [0.1, 0.15) is 6.04 Å². The number of likely N-dealkylation sites (N-methyl/N-ethyl adjacent to an activating group) is 1. The highest BCUT2D eigenvalue weighted by Gasteiger charge is 2.29. The lowest BCUT2D eigenvalue weighted by molar-refractivity contribution is -0.122. The van der Waals surface area contributed by atoms with Gasteiger partial charge in [-0.15, -0.1) is 0 Å². The monoisotopic (exact) mass is 281 g/mol. The van der Waals surface area contributed by atoms with E-state index < -0.39 is 0 Å². The second kappa shape index (κ2) is 6.26. The van der Waals surface area contributed by atoms with E-state index in [1.54, 1.807) is 7.05 Å². The van der Waals surface area contributed by atoms with E-state index in [0.717, 1.165) is 37.1 Å². The molecule has 104 valence electrons. The van der Waals surface area contributed by atoms with Crippen molar-refractivity contribution in [1.29, 1.82) is 0 Å². The van der Waals surface area contributed by atoms with Crippen molar-refractivity contribution in [2.75, 3.05) is 18.5 Å². The van der Waals surface area contributed by atoms with Crippen molar-refractivity contribution in [1.82, 2.24) is 5.32 Å². The quantitative estimate of drug-likeness (QED) is 0.890. The summed E-state index contributed by atoms with van der Waals surface area (Å²) in [5.41, 5.74) is 7.53. The second-order valence-corrected chi connectivity index (χ2v) is 5.22. The second-order valence-electron chi connectivity index (χ2n) is 4.81. The van der Waals surface area contributed by atoms with Crippen molar-refractivity contribution < 1.29 is 4.79 Å². The predicted octanol–water partition coefficient (Wildman–Crippen LogP) is 1.90. The van der Waals surface area contributed by atoms with Crippen LogP contribution in [0.1, 0.15) is 24.8 Å². The number of anilines is 1. The third-order valence-electron chi connectivity index (χ3n) is 3.61. The van der Waals surface area contributed by atoms with Crippen LogP contribution in [0.5, 0.6) is 0 Å². The summed E-state index contributed by atoms with van der Waals surface area (Å²) >= 11 is 6.33. The van der Waals surface area contributed by atoms with Crippen LogP contribution in [0.3, 0.4) is 0 Å². The summed E-state index contributed by atoms with van der Waals surface area (Å²) in [5, 5.41) is 3.40. The fourth-order valence-electron chi connectivity index (χ4n) is 2.57. The van der Waals surface area contributed by atoms with Gasteiger partial charge in [-0.1, -0.05) is 17.7 Å². The van der Waals surface area contributed by atoms with Crippen LogP contribution in [0.25, 0.3) is 0 Å². The molecule has 0 spiro atoms. The normalized spacial score (nSPS) is 19.3. The minimum atomic E-state index is -0.125. The number of nitrogens with zero attached hydrogens (tertiary/aromatic N) is 1. The van der Waals surface area contributed by atoms with Gasteiger partial charge in [0.05, 0.1) is 10.7 Å². The van der Waals surface area contributed by atoms with Crippen LogP contribution in [0.2, 0.25) is 5.02 Å². The Labute approximate surface area is 118 Å². The smallest absolute Gasteiger partial charge is 0.242 e. The van der Waals surface area contributed by atoms with E-state index >= 15 is 0 Å². The summed E-state index contributed by atoms with van der Waals surface area (Å²) in [6.45, 7) is 1.33. The zero-order valence-electron chi connectivity index (χ0n) is 11.2. The average molecular weight is 282 g/mol. The summed E-state index contributed by atoms with van der Waals surface area (Å²) in [6.07, 6.45) is 3.03. The molecule has 1 saturated heterocycles. The lowest BCUT2D eigenvalue weighted by Gasteiger charge is -2.36. The van der Waals surface area contributed by atoms with Gasteiger partial charge < -0.3 is 16.0 Å². The molecule has 0 radical (unpaired) electrons. The Morgan fingerprint density at radius 1 is 1.53 bits per heavy atom. The molecular weight excluding hydrogens is 262 g/mol. The Bertz CT molecular complexity index is 464. The molecule has 1 heterocycles. The minimum Gasteiger partial charge on any atom is -0.358 e. The first-order valence-electron chi connectivity index (χ1n) is 6.64. The Morgan fingerprint density at radius 2 is 2.32 bits per heavy atom. The summed E-state index contributed by atoms with van der Waals surface area (Å²) in [4.78, 5) is 14.1. The minimum absolute atomic E-state index is 0.0543. The molecule has 1 atom stereocenters. The molecule has 1 amide bonds. The Balaban J connectivity index is 2.29. The van der Waals surface area contributed by atoms with Crippen molar-refractivity contribution in [2.24, 2.45) is 5.73 Å². The summed E-state index contributed by atoms with van der Waals surface area (Å²) in [7, 11) is 1.67. The molecule has 5 heteroatoms. The number of carbonyl (C=O) groups excluding carboxylic acids is 1. The van der Waals surface area contributed by atoms with Gasteiger partial charge in [0.25, 0.3) is 0 Å². The van der Waals surface area contributed by atoms with Crippen LogP contribution in [0, 0.1) is 0 Å². The third-order valence-corrected chi connectivity index (χ3v) is 3.91. The molecule has 1 aromatic rings. The van der Waals surface area contributed by atoms with Crippen molar-refractivity contribution in [3.63, 3.8) is 0 Å². The van der Waals surface area contributed by atoms with Crippen molar-refractivity contribution in [3.05, 3.63) is 28.8 Å². The molecule has 1 fully saturated rings. The van der Waals surface area contributed by atoms with Crippen LogP contribution in [0.15, 0.2) is 18.2 Å². The number of benzene rings is 1. The number of rotatable bonds is 3. The van der Waals surface area contributed by atoms with E-state index in [9.17, 15) is 4.79 Å². The van der Waals surface area contributed by atoms with Crippen molar-refractivity contribution in [2.45, 2.75) is 31.8 Å². The fraction of sp³-hybridized carbons (Fsp3) is 0.500. The zero-order valence-corrected chi connectivity index (χ0v) is 11.9. The highest BCUT2D eigenvalue weighted by Crippen LogP contribution is 2.32.